The zero-order valence-corrected chi connectivity index (χ0v) is 10.4. The van der Waals surface area contributed by atoms with Gasteiger partial charge in [-0.05, 0) is 38.3 Å². The fourth-order valence-corrected chi connectivity index (χ4v) is 2.56. The Labute approximate surface area is 96.3 Å². The van der Waals surface area contributed by atoms with Gasteiger partial charge in [-0.3, -0.25) is 4.90 Å². The molecule has 0 aliphatic heterocycles. The van der Waals surface area contributed by atoms with Crippen LogP contribution < -0.4 is 5.32 Å². The van der Waals surface area contributed by atoms with Crippen LogP contribution in [0.1, 0.15) is 24.6 Å². The van der Waals surface area contributed by atoms with Gasteiger partial charge < -0.3 is 5.32 Å². The van der Waals surface area contributed by atoms with Crippen LogP contribution in [0.5, 0.6) is 0 Å². The van der Waals surface area contributed by atoms with Crippen LogP contribution in [0.3, 0.4) is 0 Å². The van der Waals surface area contributed by atoms with Crippen LogP contribution in [0.25, 0.3) is 0 Å². The Morgan fingerprint density at radius 3 is 2.93 bits per heavy atom. The number of nitrogens with zero attached hydrogens (tertiary/aromatic N) is 1. The van der Waals surface area contributed by atoms with Gasteiger partial charge in [0, 0.05) is 30.1 Å². The molecule has 15 heavy (non-hydrogen) atoms. The largest absolute Gasteiger partial charge is 0.316 e. The van der Waals surface area contributed by atoms with Gasteiger partial charge in [-0.2, -0.15) is 0 Å². The third kappa shape index (κ3) is 3.30. The summed E-state index contributed by atoms with van der Waals surface area (Å²) in [5.41, 5.74) is 0. The second-order valence-electron chi connectivity index (χ2n) is 4.43. The molecule has 1 heterocycles. The van der Waals surface area contributed by atoms with Gasteiger partial charge in [0.2, 0.25) is 0 Å². The van der Waals surface area contributed by atoms with Gasteiger partial charge in [0.1, 0.15) is 0 Å². The van der Waals surface area contributed by atoms with Crippen LogP contribution in [0.2, 0.25) is 0 Å². The molecule has 2 nitrogen and oxygen atoms in total. The van der Waals surface area contributed by atoms with Crippen molar-refractivity contribution in [2.24, 2.45) is 0 Å². The van der Waals surface area contributed by atoms with Crippen molar-refractivity contribution in [3.05, 3.63) is 22.4 Å². The highest BCUT2D eigenvalue weighted by Gasteiger charge is 2.29. The van der Waals surface area contributed by atoms with E-state index < -0.39 is 0 Å². The molecule has 1 saturated carbocycles. The van der Waals surface area contributed by atoms with Gasteiger partial charge in [0.15, 0.2) is 0 Å². The van der Waals surface area contributed by atoms with Crippen LogP contribution in [0.4, 0.5) is 0 Å². The Kier molecular flexibility index (Phi) is 3.78. The Balaban J connectivity index is 1.88. The standard InChI is InChI=1S/C12H20N2S/c1-10(13-2)8-14(11-5-6-11)9-12-4-3-7-15-12/h3-4,7,10-11,13H,5-6,8-9H2,1-2H3. The lowest BCUT2D eigenvalue weighted by molar-refractivity contribution is 0.235. The van der Waals surface area contributed by atoms with Crippen LogP contribution in [0, 0.1) is 0 Å². The van der Waals surface area contributed by atoms with Crippen molar-refractivity contribution in [1.82, 2.24) is 10.2 Å². The molecule has 1 aliphatic rings. The second kappa shape index (κ2) is 5.10. The smallest absolute Gasteiger partial charge is 0.0331 e. The molecule has 1 aliphatic carbocycles. The number of rotatable bonds is 6. The van der Waals surface area contributed by atoms with E-state index in [1.807, 2.05) is 18.4 Å². The predicted octanol–water partition coefficient (Wildman–Crippen LogP) is 2.32. The summed E-state index contributed by atoms with van der Waals surface area (Å²) in [6.07, 6.45) is 2.78. The molecule has 3 heteroatoms. The molecule has 0 bridgehead atoms. The first-order chi connectivity index (χ1) is 7.29. The first-order valence-corrected chi connectivity index (χ1v) is 6.61. The van der Waals surface area contributed by atoms with E-state index in [9.17, 15) is 0 Å². The van der Waals surface area contributed by atoms with Gasteiger partial charge >= 0.3 is 0 Å². The van der Waals surface area contributed by atoms with E-state index in [4.69, 9.17) is 0 Å². The summed E-state index contributed by atoms with van der Waals surface area (Å²) in [7, 11) is 2.04. The minimum absolute atomic E-state index is 0.588. The lowest BCUT2D eigenvalue weighted by Crippen LogP contribution is -2.38. The molecule has 0 radical (unpaired) electrons. The fourth-order valence-electron chi connectivity index (χ4n) is 1.83. The molecule has 1 unspecified atom stereocenters. The topological polar surface area (TPSA) is 15.3 Å². The highest BCUT2D eigenvalue weighted by Crippen LogP contribution is 2.29. The molecule has 0 aromatic carbocycles. The van der Waals surface area contributed by atoms with Crippen molar-refractivity contribution >= 4 is 11.3 Å². The van der Waals surface area contributed by atoms with Crippen molar-refractivity contribution in [1.29, 1.82) is 0 Å². The van der Waals surface area contributed by atoms with Crippen molar-refractivity contribution < 1.29 is 0 Å². The van der Waals surface area contributed by atoms with Crippen molar-refractivity contribution in [2.45, 2.75) is 38.4 Å². The summed E-state index contributed by atoms with van der Waals surface area (Å²) in [6, 6.07) is 5.82. The van der Waals surface area contributed by atoms with E-state index in [-0.39, 0.29) is 0 Å². The maximum Gasteiger partial charge on any atom is 0.0331 e. The summed E-state index contributed by atoms with van der Waals surface area (Å²) in [5, 5.41) is 5.49. The molecule has 1 aromatic heterocycles. The normalized spacial score (nSPS) is 18.3. The summed E-state index contributed by atoms with van der Waals surface area (Å²) in [5.74, 6) is 0. The second-order valence-corrected chi connectivity index (χ2v) is 5.46. The highest BCUT2D eigenvalue weighted by atomic mass is 32.1. The molecule has 0 amide bonds. The van der Waals surface area contributed by atoms with Crippen LogP contribution in [-0.4, -0.2) is 30.6 Å². The van der Waals surface area contributed by atoms with E-state index in [1.165, 1.54) is 24.3 Å². The molecule has 1 fully saturated rings. The first-order valence-electron chi connectivity index (χ1n) is 5.73. The zero-order chi connectivity index (χ0) is 10.7. The van der Waals surface area contributed by atoms with E-state index in [1.54, 1.807) is 0 Å². The molecule has 0 spiro atoms. The van der Waals surface area contributed by atoms with E-state index >= 15 is 0 Å². The van der Waals surface area contributed by atoms with Crippen LogP contribution in [-0.2, 0) is 6.54 Å². The molecule has 1 N–H and O–H groups in total. The predicted molar refractivity (Wildman–Crippen MR) is 66.3 cm³/mol. The number of nitrogens with one attached hydrogen (secondary N) is 1. The van der Waals surface area contributed by atoms with E-state index in [2.05, 4.69) is 34.7 Å². The monoisotopic (exact) mass is 224 g/mol. The first kappa shape index (κ1) is 11.1. The third-order valence-electron chi connectivity index (χ3n) is 3.00. The number of thiophene rings is 1. The Hall–Kier alpha value is -0.380. The third-order valence-corrected chi connectivity index (χ3v) is 3.86. The fraction of sp³-hybridized carbons (Fsp3) is 0.667. The average molecular weight is 224 g/mol. The van der Waals surface area contributed by atoms with Crippen LogP contribution in [0.15, 0.2) is 17.5 Å². The zero-order valence-electron chi connectivity index (χ0n) is 9.57. The number of hydrogen-bond acceptors (Lipinski definition) is 3. The summed E-state index contributed by atoms with van der Waals surface area (Å²) in [6.45, 7) is 4.55. The molecule has 84 valence electrons. The highest BCUT2D eigenvalue weighted by molar-refractivity contribution is 7.09. The van der Waals surface area contributed by atoms with E-state index in [0.717, 1.165) is 12.6 Å². The molecule has 1 aromatic rings. The van der Waals surface area contributed by atoms with E-state index in [0.29, 0.717) is 6.04 Å². The van der Waals surface area contributed by atoms with Gasteiger partial charge in [0.05, 0.1) is 0 Å². The summed E-state index contributed by atoms with van der Waals surface area (Å²) < 4.78 is 0. The Morgan fingerprint density at radius 1 is 1.60 bits per heavy atom. The Morgan fingerprint density at radius 2 is 2.40 bits per heavy atom. The molecular formula is C12H20N2S. The number of likely N-dealkylation sites (N-methyl/N-ethyl adjacent to an activating group) is 1. The van der Waals surface area contributed by atoms with Crippen LogP contribution >= 0.6 is 11.3 Å². The molecular weight excluding hydrogens is 204 g/mol. The SMILES string of the molecule is CNC(C)CN(Cc1cccs1)C1CC1. The minimum Gasteiger partial charge on any atom is -0.316 e. The maximum atomic E-state index is 3.32. The molecule has 0 saturated heterocycles. The Bertz CT molecular complexity index is 280. The van der Waals surface area contributed by atoms with Gasteiger partial charge in [-0.15, -0.1) is 11.3 Å². The lowest BCUT2D eigenvalue weighted by Gasteiger charge is -2.24. The van der Waals surface area contributed by atoms with Crippen molar-refractivity contribution in [2.75, 3.05) is 13.6 Å². The summed E-state index contributed by atoms with van der Waals surface area (Å²) in [4.78, 5) is 4.11. The molecule has 2 rings (SSSR count). The van der Waals surface area contributed by atoms with Gasteiger partial charge in [0.25, 0.3) is 0 Å². The molecule has 1 atom stereocenters. The number of hydrogen-bond donors (Lipinski definition) is 1. The van der Waals surface area contributed by atoms with Gasteiger partial charge in [-0.25, -0.2) is 0 Å². The lowest BCUT2D eigenvalue weighted by atomic mass is 10.3. The maximum absolute atomic E-state index is 3.32. The minimum atomic E-state index is 0.588. The van der Waals surface area contributed by atoms with Gasteiger partial charge in [-0.1, -0.05) is 6.07 Å². The van der Waals surface area contributed by atoms with Crippen molar-refractivity contribution in [3.63, 3.8) is 0 Å². The quantitative estimate of drug-likeness (QED) is 0.798. The summed E-state index contributed by atoms with van der Waals surface area (Å²) >= 11 is 1.87. The van der Waals surface area contributed by atoms with Crippen molar-refractivity contribution in [3.8, 4) is 0 Å². The average Bonchev–Trinajstić information content (AvgIpc) is 2.97.